The summed E-state index contributed by atoms with van der Waals surface area (Å²) in [6.45, 7) is 16.0. The molecule has 0 aromatic rings. The van der Waals surface area contributed by atoms with Crippen LogP contribution in [0.2, 0.25) is 0 Å². The van der Waals surface area contributed by atoms with Crippen LogP contribution in [0.15, 0.2) is 4.99 Å². The second kappa shape index (κ2) is 13.5. The molecule has 2 aliphatic rings. The molecule has 29 heavy (non-hydrogen) atoms. The van der Waals surface area contributed by atoms with E-state index in [0.29, 0.717) is 24.2 Å². The Morgan fingerprint density at radius 1 is 1.17 bits per heavy atom. The fourth-order valence-corrected chi connectivity index (χ4v) is 4.60. The second-order valence-electron chi connectivity index (χ2n) is 8.94. The van der Waals surface area contributed by atoms with Crippen LogP contribution in [-0.2, 0) is 9.47 Å². The highest BCUT2D eigenvalue weighted by molar-refractivity contribution is 5.80. The van der Waals surface area contributed by atoms with E-state index in [1.54, 1.807) is 0 Å². The fourth-order valence-electron chi connectivity index (χ4n) is 4.60. The molecule has 170 valence electrons. The number of likely N-dealkylation sites (tertiary alicyclic amines) is 1. The molecule has 6 heteroatoms. The molecular weight excluding hydrogens is 364 g/mol. The van der Waals surface area contributed by atoms with Crippen LogP contribution in [0.1, 0.15) is 66.2 Å². The van der Waals surface area contributed by atoms with Crippen LogP contribution in [0.25, 0.3) is 0 Å². The Hall–Kier alpha value is -0.850. The standard InChI is InChI=1S/C23H46N4O2/c1-6-26(7-2)20(16-19(3)4)17-25-23(24-5)27-13-11-21(12-14-27)29-18-22-10-8-9-15-28-22/h19-22H,6-18H2,1-5H3,(H,24,25). The van der Waals surface area contributed by atoms with Crippen LogP contribution < -0.4 is 5.32 Å². The zero-order chi connectivity index (χ0) is 21.1. The van der Waals surface area contributed by atoms with E-state index in [4.69, 9.17) is 9.47 Å². The fraction of sp³-hybridized carbons (Fsp3) is 0.957. The van der Waals surface area contributed by atoms with Crippen molar-refractivity contribution in [3.05, 3.63) is 0 Å². The summed E-state index contributed by atoms with van der Waals surface area (Å²) >= 11 is 0. The summed E-state index contributed by atoms with van der Waals surface area (Å²) in [7, 11) is 1.90. The van der Waals surface area contributed by atoms with Gasteiger partial charge >= 0.3 is 0 Å². The van der Waals surface area contributed by atoms with E-state index in [9.17, 15) is 0 Å². The van der Waals surface area contributed by atoms with Gasteiger partial charge in [0.25, 0.3) is 0 Å². The van der Waals surface area contributed by atoms with Crippen molar-refractivity contribution in [3.63, 3.8) is 0 Å². The molecule has 2 fully saturated rings. The first kappa shape index (κ1) is 24.4. The molecule has 0 spiro atoms. The molecule has 0 aromatic carbocycles. The lowest BCUT2D eigenvalue weighted by molar-refractivity contribution is -0.0721. The van der Waals surface area contributed by atoms with E-state index in [0.717, 1.165) is 71.2 Å². The van der Waals surface area contributed by atoms with Crippen LogP contribution >= 0.6 is 0 Å². The minimum atomic E-state index is 0.314. The predicted molar refractivity (Wildman–Crippen MR) is 122 cm³/mol. The molecule has 0 aromatic heterocycles. The van der Waals surface area contributed by atoms with E-state index in [1.165, 1.54) is 19.3 Å². The third kappa shape index (κ3) is 8.42. The summed E-state index contributed by atoms with van der Waals surface area (Å²) in [4.78, 5) is 9.53. The molecule has 2 rings (SSSR count). The lowest BCUT2D eigenvalue weighted by Crippen LogP contribution is -2.51. The van der Waals surface area contributed by atoms with Gasteiger partial charge in [-0.2, -0.15) is 0 Å². The molecular formula is C23H46N4O2. The normalized spacial score (nSPS) is 23.1. The molecule has 2 atom stereocenters. The highest BCUT2D eigenvalue weighted by atomic mass is 16.5. The maximum Gasteiger partial charge on any atom is 0.193 e. The molecule has 6 nitrogen and oxygen atoms in total. The number of rotatable bonds is 10. The van der Waals surface area contributed by atoms with Crippen LogP contribution in [0, 0.1) is 5.92 Å². The van der Waals surface area contributed by atoms with Gasteiger partial charge in [0.2, 0.25) is 0 Å². The zero-order valence-corrected chi connectivity index (χ0v) is 19.7. The first-order chi connectivity index (χ1) is 14.1. The number of nitrogens with one attached hydrogen (secondary N) is 1. The van der Waals surface area contributed by atoms with Gasteiger partial charge in [0.05, 0.1) is 18.8 Å². The summed E-state index contributed by atoms with van der Waals surface area (Å²) in [6.07, 6.45) is 7.66. The Kier molecular flexibility index (Phi) is 11.3. The van der Waals surface area contributed by atoms with Crippen molar-refractivity contribution < 1.29 is 9.47 Å². The molecule has 2 aliphatic heterocycles. The van der Waals surface area contributed by atoms with Gasteiger partial charge in [-0.05, 0) is 57.5 Å². The third-order valence-electron chi connectivity index (χ3n) is 6.31. The van der Waals surface area contributed by atoms with Crippen LogP contribution in [0.3, 0.4) is 0 Å². The summed E-state index contributed by atoms with van der Waals surface area (Å²) in [6, 6.07) is 0.554. The van der Waals surface area contributed by atoms with Crippen molar-refractivity contribution in [3.8, 4) is 0 Å². The van der Waals surface area contributed by atoms with Gasteiger partial charge in [-0.15, -0.1) is 0 Å². The van der Waals surface area contributed by atoms with E-state index in [1.807, 2.05) is 7.05 Å². The molecule has 1 N–H and O–H groups in total. The number of likely N-dealkylation sites (N-methyl/N-ethyl adjacent to an activating group) is 1. The van der Waals surface area contributed by atoms with Gasteiger partial charge in [-0.25, -0.2) is 0 Å². The Morgan fingerprint density at radius 3 is 2.45 bits per heavy atom. The minimum absolute atomic E-state index is 0.314. The monoisotopic (exact) mass is 410 g/mol. The van der Waals surface area contributed by atoms with E-state index >= 15 is 0 Å². The topological polar surface area (TPSA) is 49.3 Å². The number of hydrogen-bond donors (Lipinski definition) is 1. The van der Waals surface area contributed by atoms with Gasteiger partial charge in [0.15, 0.2) is 5.96 Å². The SMILES string of the molecule is CCN(CC)C(CNC(=NC)N1CCC(OCC2CCCCO2)CC1)CC(C)C. The van der Waals surface area contributed by atoms with Gasteiger partial charge in [0, 0.05) is 39.3 Å². The largest absolute Gasteiger partial charge is 0.376 e. The van der Waals surface area contributed by atoms with E-state index in [-0.39, 0.29) is 0 Å². The smallest absolute Gasteiger partial charge is 0.193 e. The molecule has 2 saturated heterocycles. The highest BCUT2D eigenvalue weighted by Gasteiger charge is 2.25. The summed E-state index contributed by atoms with van der Waals surface area (Å²) in [5.74, 6) is 1.74. The zero-order valence-electron chi connectivity index (χ0n) is 19.7. The summed E-state index contributed by atoms with van der Waals surface area (Å²) < 4.78 is 12.0. The third-order valence-corrected chi connectivity index (χ3v) is 6.31. The van der Waals surface area contributed by atoms with Gasteiger partial charge < -0.3 is 19.7 Å². The molecule has 0 bridgehead atoms. The molecule has 2 unspecified atom stereocenters. The maximum absolute atomic E-state index is 6.17. The second-order valence-corrected chi connectivity index (χ2v) is 8.94. The predicted octanol–water partition coefficient (Wildman–Crippen LogP) is 3.37. The summed E-state index contributed by atoms with van der Waals surface area (Å²) in [5.41, 5.74) is 0. The molecule has 2 heterocycles. The first-order valence-electron chi connectivity index (χ1n) is 12.0. The lowest BCUT2D eigenvalue weighted by Gasteiger charge is -2.36. The van der Waals surface area contributed by atoms with Crippen molar-refractivity contribution in [1.82, 2.24) is 15.1 Å². The molecule has 0 amide bonds. The van der Waals surface area contributed by atoms with E-state index in [2.05, 4.69) is 47.8 Å². The Balaban J connectivity index is 1.75. The van der Waals surface area contributed by atoms with Gasteiger partial charge in [0.1, 0.15) is 0 Å². The average molecular weight is 411 g/mol. The Labute approximate surface area is 179 Å². The highest BCUT2D eigenvalue weighted by Crippen LogP contribution is 2.18. The number of aliphatic imine (C=N–C) groups is 1. The Morgan fingerprint density at radius 2 is 1.90 bits per heavy atom. The van der Waals surface area contributed by atoms with Crippen molar-refractivity contribution in [2.24, 2.45) is 10.9 Å². The van der Waals surface area contributed by atoms with Gasteiger partial charge in [-0.3, -0.25) is 9.89 Å². The van der Waals surface area contributed by atoms with E-state index < -0.39 is 0 Å². The number of ether oxygens (including phenoxy) is 2. The van der Waals surface area contributed by atoms with Crippen molar-refractivity contribution in [2.45, 2.75) is 84.5 Å². The van der Waals surface area contributed by atoms with Crippen LogP contribution in [0.4, 0.5) is 0 Å². The minimum Gasteiger partial charge on any atom is -0.376 e. The maximum atomic E-state index is 6.17. The van der Waals surface area contributed by atoms with Crippen molar-refractivity contribution in [1.29, 1.82) is 0 Å². The number of guanidine groups is 1. The van der Waals surface area contributed by atoms with Gasteiger partial charge in [-0.1, -0.05) is 27.7 Å². The molecule has 0 saturated carbocycles. The van der Waals surface area contributed by atoms with Crippen LogP contribution in [0.5, 0.6) is 0 Å². The lowest BCUT2D eigenvalue weighted by atomic mass is 10.0. The molecule has 0 aliphatic carbocycles. The Bertz CT molecular complexity index is 454. The number of nitrogens with zero attached hydrogens (tertiary/aromatic N) is 3. The first-order valence-corrected chi connectivity index (χ1v) is 12.0. The molecule has 0 radical (unpaired) electrons. The summed E-state index contributed by atoms with van der Waals surface area (Å²) in [5, 5.41) is 3.67. The quantitative estimate of drug-likeness (QED) is 0.442. The average Bonchev–Trinajstić information content (AvgIpc) is 2.74. The van der Waals surface area contributed by atoms with Crippen molar-refractivity contribution in [2.75, 3.05) is 53.0 Å². The number of hydrogen-bond acceptors (Lipinski definition) is 4. The van der Waals surface area contributed by atoms with Crippen molar-refractivity contribution >= 4 is 5.96 Å². The van der Waals surface area contributed by atoms with Crippen LogP contribution in [-0.4, -0.2) is 87.0 Å². The number of piperidine rings is 1.